The summed E-state index contributed by atoms with van der Waals surface area (Å²) >= 11 is 0. The van der Waals surface area contributed by atoms with E-state index in [0.717, 1.165) is 24.3 Å². The van der Waals surface area contributed by atoms with E-state index < -0.39 is 12.0 Å². The Morgan fingerprint density at radius 1 is 0.879 bits per heavy atom. The number of rotatable bonds is 13. The van der Waals surface area contributed by atoms with Gasteiger partial charge in [0.2, 0.25) is 0 Å². The molecule has 3 rings (SSSR count). The first-order valence-corrected chi connectivity index (χ1v) is 11.2. The second-order valence-electron chi connectivity index (χ2n) is 8.20. The smallest absolute Gasteiger partial charge is 0.326 e. The SMILES string of the molecule is Cn1cccc1CNCCC[C@H](NC(=O)c1ccc(CNCc2cccn2C)cc1)C(=O)O. The zero-order chi connectivity index (χ0) is 23.6. The second kappa shape index (κ2) is 12.0. The van der Waals surface area contributed by atoms with Crippen molar-refractivity contribution in [3.8, 4) is 0 Å². The van der Waals surface area contributed by atoms with Crippen LogP contribution in [0.4, 0.5) is 0 Å². The summed E-state index contributed by atoms with van der Waals surface area (Å²) in [6.45, 7) is 2.84. The lowest BCUT2D eigenvalue weighted by Crippen LogP contribution is -2.41. The molecule has 1 aromatic carbocycles. The van der Waals surface area contributed by atoms with E-state index in [1.54, 1.807) is 12.1 Å². The molecule has 0 saturated heterocycles. The summed E-state index contributed by atoms with van der Waals surface area (Å²) in [7, 11) is 4.00. The van der Waals surface area contributed by atoms with Crippen LogP contribution in [0.25, 0.3) is 0 Å². The van der Waals surface area contributed by atoms with Crippen molar-refractivity contribution in [1.82, 2.24) is 25.1 Å². The molecule has 0 aliphatic rings. The summed E-state index contributed by atoms with van der Waals surface area (Å²) in [6, 6.07) is 14.4. The summed E-state index contributed by atoms with van der Waals surface area (Å²) in [6.07, 6.45) is 5.01. The van der Waals surface area contributed by atoms with Crippen LogP contribution in [0.15, 0.2) is 60.9 Å². The predicted molar refractivity (Wildman–Crippen MR) is 128 cm³/mol. The topological polar surface area (TPSA) is 100 Å². The fourth-order valence-electron chi connectivity index (χ4n) is 3.62. The van der Waals surface area contributed by atoms with Crippen LogP contribution in [0.5, 0.6) is 0 Å². The van der Waals surface area contributed by atoms with Crippen molar-refractivity contribution < 1.29 is 14.7 Å². The Morgan fingerprint density at radius 2 is 1.48 bits per heavy atom. The standard InChI is InChI=1S/C25H33N5O3/c1-29-14-4-6-21(29)17-26-13-3-8-23(25(32)33)28-24(31)20-11-9-19(10-12-20)16-27-18-22-7-5-15-30(22)2/h4-7,9-12,14-15,23,26-27H,3,8,13,16-18H2,1-2H3,(H,28,31)(H,32,33)/t23-/m0/s1. The van der Waals surface area contributed by atoms with Crippen molar-refractivity contribution in [3.05, 3.63) is 83.4 Å². The lowest BCUT2D eigenvalue weighted by molar-refractivity contribution is -0.139. The Kier molecular flexibility index (Phi) is 8.86. The molecule has 4 N–H and O–H groups in total. The van der Waals surface area contributed by atoms with E-state index in [9.17, 15) is 14.7 Å². The van der Waals surface area contributed by atoms with Crippen LogP contribution >= 0.6 is 0 Å². The van der Waals surface area contributed by atoms with Crippen molar-refractivity contribution >= 4 is 11.9 Å². The van der Waals surface area contributed by atoms with Crippen LogP contribution < -0.4 is 16.0 Å². The third-order valence-electron chi connectivity index (χ3n) is 5.71. The molecule has 3 aromatic rings. The number of carboxylic acids is 1. The normalized spacial score (nSPS) is 11.9. The number of nitrogens with one attached hydrogen (secondary N) is 3. The fourth-order valence-corrected chi connectivity index (χ4v) is 3.62. The number of benzene rings is 1. The molecular formula is C25H33N5O3. The first-order chi connectivity index (χ1) is 15.9. The molecule has 0 saturated carbocycles. The average Bonchev–Trinajstić information content (AvgIpc) is 3.40. The third-order valence-corrected chi connectivity index (χ3v) is 5.71. The highest BCUT2D eigenvalue weighted by Crippen LogP contribution is 2.07. The molecule has 8 nitrogen and oxygen atoms in total. The van der Waals surface area contributed by atoms with Crippen LogP contribution in [0, 0.1) is 0 Å². The van der Waals surface area contributed by atoms with Gasteiger partial charge in [0.25, 0.3) is 5.91 Å². The maximum absolute atomic E-state index is 12.5. The van der Waals surface area contributed by atoms with E-state index in [0.29, 0.717) is 31.5 Å². The number of carbonyl (C=O) groups is 2. The third kappa shape index (κ3) is 7.34. The molecule has 2 heterocycles. The quantitative estimate of drug-likeness (QED) is 0.299. The van der Waals surface area contributed by atoms with Gasteiger partial charge in [-0.05, 0) is 61.3 Å². The van der Waals surface area contributed by atoms with Gasteiger partial charge < -0.3 is 30.2 Å². The number of hydrogen-bond acceptors (Lipinski definition) is 4. The molecule has 0 spiro atoms. The second-order valence-corrected chi connectivity index (χ2v) is 8.20. The molecule has 0 aliphatic heterocycles. The van der Waals surface area contributed by atoms with E-state index >= 15 is 0 Å². The van der Waals surface area contributed by atoms with E-state index in [4.69, 9.17) is 0 Å². The minimum Gasteiger partial charge on any atom is -0.480 e. The average molecular weight is 452 g/mol. The molecule has 2 aromatic heterocycles. The van der Waals surface area contributed by atoms with E-state index in [2.05, 4.69) is 26.6 Å². The lowest BCUT2D eigenvalue weighted by Gasteiger charge is -2.15. The minimum atomic E-state index is -1.02. The molecule has 0 fully saturated rings. The highest BCUT2D eigenvalue weighted by atomic mass is 16.4. The first kappa shape index (κ1) is 24.3. The maximum atomic E-state index is 12.5. The number of aliphatic carboxylic acids is 1. The van der Waals surface area contributed by atoms with E-state index in [1.807, 2.05) is 61.4 Å². The van der Waals surface area contributed by atoms with Gasteiger partial charge in [0.05, 0.1) is 0 Å². The highest BCUT2D eigenvalue weighted by molar-refractivity contribution is 5.96. The number of hydrogen-bond donors (Lipinski definition) is 4. The van der Waals surface area contributed by atoms with Crippen molar-refractivity contribution in [2.45, 2.75) is 38.5 Å². The molecule has 1 atom stereocenters. The highest BCUT2D eigenvalue weighted by Gasteiger charge is 2.20. The molecule has 33 heavy (non-hydrogen) atoms. The Labute approximate surface area is 194 Å². The molecule has 1 amide bonds. The van der Waals surface area contributed by atoms with Gasteiger partial charge in [0.15, 0.2) is 0 Å². The van der Waals surface area contributed by atoms with Gasteiger partial charge in [-0.2, -0.15) is 0 Å². The Morgan fingerprint density at radius 3 is 2.03 bits per heavy atom. The maximum Gasteiger partial charge on any atom is 0.326 e. The summed E-state index contributed by atoms with van der Waals surface area (Å²) in [5.74, 6) is -1.39. The van der Waals surface area contributed by atoms with Gasteiger partial charge >= 0.3 is 5.97 Å². The van der Waals surface area contributed by atoms with Crippen molar-refractivity contribution in [1.29, 1.82) is 0 Å². The van der Waals surface area contributed by atoms with E-state index in [-0.39, 0.29) is 5.91 Å². The van der Waals surface area contributed by atoms with Gasteiger partial charge in [-0.15, -0.1) is 0 Å². The van der Waals surface area contributed by atoms with Crippen LogP contribution in [-0.2, 0) is 38.5 Å². The number of aryl methyl sites for hydroxylation is 2. The van der Waals surface area contributed by atoms with Crippen LogP contribution in [0.2, 0.25) is 0 Å². The predicted octanol–water partition coefficient (Wildman–Crippen LogP) is 2.41. The van der Waals surface area contributed by atoms with Crippen molar-refractivity contribution in [2.24, 2.45) is 14.1 Å². The molecule has 8 heteroatoms. The van der Waals surface area contributed by atoms with E-state index in [1.165, 1.54) is 5.69 Å². The van der Waals surface area contributed by atoms with Crippen LogP contribution in [0.1, 0.15) is 40.2 Å². The summed E-state index contributed by atoms with van der Waals surface area (Å²) < 4.78 is 4.11. The number of nitrogens with zero attached hydrogens (tertiary/aromatic N) is 2. The molecular weight excluding hydrogens is 418 g/mol. The zero-order valence-corrected chi connectivity index (χ0v) is 19.3. The van der Waals surface area contributed by atoms with Gasteiger partial charge in [-0.3, -0.25) is 4.79 Å². The molecule has 0 radical (unpaired) electrons. The minimum absolute atomic E-state index is 0.363. The summed E-state index contributed by atoms with van der Waals surface area (Å²) in [4.78, 5) is 24.2. The van der Waals surface area contributed by atoms with Gasteiger partial charge in [-0.25, -0.2) is 4.79 Å². The summed E-state index contributed by atoms with van der Waals surface area (Å²) in [5.41, 5.74) is 3.87. The Hall–Kier alpha value is -3.36. The zero-order valence-electron chi connectivity index (χ0n) is 19.3. The number of aromatic nitrogens is 2. The van der Waals surface area contributed by atoms with Crippen LogP contribution in [-0.4, -0.2) is 38.7 Å². The molecule has 176 valence electrons. The van der Waals surface area contributed by atoms with Gasteiger partial charge in [0, 0.05) is 63.1 Å². The number of carbonyl (C=O) groups excluding carboxylic acids is 1. The molecule has 0 aliphatic carbocycles. The lowest BCUT2D eigenvalue weighted by atomic mass is 10.1. The molecule has 0 unspecified atom stereocenters. The van der Waals surface area contributed by atoms with Crippen molar-refractivity contribution in [3.63, 3.8) is 0 Å². The fraction of sp³-hybridized carbons (Fsp3) is 0.360. The number of amides is 1. The van der Waals surface area contributed by atoms with Gasteiger partial charge in [-0.1, -0.05) is 12.1 Å². The first-order valence-electron chi connectivity index (χ1n) is 11.2. The Balaban J connectivity index is 1.40. The molecule has 0 bridgehead atoms. The monoisotopic (exact) mass is 451 g/mol. The number of carboxylic acid groups (broad SMARTS) is 1. The van der Waals surface area contributed by atoms with Crippen molar-refractivity contribution in [2.75, 3.05) is 6.54 Å². The largest absolute Gasteiger partial charge is 0.480 e. The summed E-state index contributed by atoms with van der Waals surface area (Å²) in [5, 5.41) is 18.8. The van der Waals surface area contributed by atoms with Crippen LogP contribution in [0.3, 0.4) is 0 Å². The van der Waals surface area contributed by atoms with Gasteiger partial charge in [0.1, 0.15) is 6.04 Å². The Bertz CT molecular complexity index is 1040.